The predicted molar refractivity (Wildman–Crippen MR) is 106 cm³/mol. The van der Waals surface area contributed by atoms with Crippen LogP contribution in [0.1, 0.15) is 36.0 Å². The maximum atomic E-state index is 13.0. The maximum Gasteiger partial charge on any atom is 0.417 e. The summed E-state index contributed by atoms with van der Waals surface area (Å²) in [7, 11) is -4.20. The van der Waals surface area contributed by atoms with E-state index in [1.54, 1.807) is 0 Å². The summed E-state index contributed by atoms with van der Waals surface area (Å²) < 4.78 is 66.0. The Morgan fingerprint density at radius 2 is 1.62 bits per heavy atom. The molecule has 0 aliphatic carbocycles. The van der Waals surface area contributed by atoms with Gasteiger partial charge in [0.1, 0.15) is 0 Å². The van der Waals surface area contributed by atoms with Gasteiger partial charge in [-0.15, -0.1) is 0 Å². The van der Waals surface area contributed by atoms with Crippen LogP contribution < -0.4 is 4.72 Å². The highest BCUT2D eigenvalue weighted by Gasteiger charge is 2.36. The Balaban J connectivity index is 1.42. The summed E-state index contributed by atoms with van der Waals surface area (Å²) >= 11 is 0. The van der Waals surface area contributed by atoms with E-state index >= 15 is 0 Å². The van der Waals surface area contributed by atoms with Gasteiger partial charge < -0.3 is 0 Å². The molecule has 1 aliphatic heterocycles. The second kappa shape index (κ2) is 9.28. The number of fused-ring (bicyclic) bond motifs is 1. The van der Waals surface area contributed by atoms with E-state index in [0.717, 1.165) is 51.0 Å². The molecule has 4 nitrogen and oxygen atoms in total. The van der Waals surface area contributed by atoms with Crippen molar-refractivity contribution >= 4 is 10.0 Å². The zero-order valence-electron chi connectivity index (χ0n) is 16.1. The van der Waals surface area contributed by atoms with Gasteiger partial charge in [0.05, 0.1) is 10.5 Å². The molecule has 1 aliphatic rings. The minimum Gasteiger partial charge on any atom is -0.299 e. The number of unbranched alkanes of at least 4 members (excludes halogenated alkanes) is 2. The van der Waals surface area contributed by atoms with Crippen LogP contribution in [-0.2, 0) is 29.2 Å². The molecule has 1 N–H and O–H groups in total. The summed E-state index contributed by atoms with van der Waals surface area (Å²) in [6.45, 7) is 2.99. The first-order chi connectivity index (χ1) is 13.8. The van der Waals surface area contributed by atoms with E-state index in [1.807, 2.05) is 6.07 Å². The van der Waals surface area contributed by atoms with Crippen LogP contribution in [0.15, 0.2) is 53.4 Å². The second-order valence-electron chi connectivity index (χ2n) is 7.25. The number of rotatable bonds is 8. The summed E-state index contributed by atoms with van der Waals surface area (Å²) in [5.74, 6) is 0. The molecule has 0 spiro atoms. The van der Waals surface area contributed by atoms with Crippen molar-refractivity contribution in [1.82, 2.24) is 9.62 Å². The van der Waals surface area contributed by atoms with Gasteiger partial charge in [-0.2, -0.15) is 13.2 Å². The first-order valence-electron chi connectivity index (χ1n) is 9.72. The zero-order valence-corrected chi connectivity index (χ0v) is 16.9. The molecule has 2 aromatic carbocycles. The smallest absolute Gasteiger partial charge is 0.299 e. The van der Waals surface area contributed by atoms with Gasteiger partial charge in [-0.1, -0.05) is 42.8 Å². The van der Waals surface area contributed by atoms with E-state index in [4.69, 9.17) is 0 Å². The molecule has 0 fully saturated rings. The Bertz CT molecular complexity index is 930. The molecule has 0 unspecified atom stereocenters. The fraction of sp³-hybridized carbons (Fsp3) is 0.429. The average molecular weight is 427 g/mol. The molecular formula is C21H25F3N2O2S. The lowest BCUT2D eigenvalue weighted by atomic mass is 10.00. The molecule has 0 saturated carbocycles. The average Bonchev–Trinajstić information content (AvgIpc) is 2.70. The largest absolute Gasteiger partial charge is 0.417 e. The van der Waals surface area contributed by atoms with E-state index in [0.29, 0.717) is 6.42 Å². The van der Waals surface area contributed by atoms with Gasteiger partial charge in [-0.3, -0.25) is 4.90 Å². The van der Waals surface area contributed by atoms with Crippen LogP contribution in [0.25, 0.3) is 0 Å². The summed E-state index contributed by atoms with van der Waals surface area (Å²) in [5, 5.41) is 0. The number of alkyl halides is 3. The molecule has 0 aromatic heterocycles. The number of halogens is 3. The van der Waals surface area contributed by atoms with Gasteiger partial charge in [-0.25, -0.2) is 13.1 Å². The minimum atomic E-state index is -4.71. The van der Waals surface area contributed by atoms with Crippen molar-refractivity contribution in [2.75, 3.05) is 19.6 Å². The van der Waals surface area contributed by atoms with Crippen molar-refractivity contribution in [2.45, 2.75) is 43.3 Å². The van der Waals surface area contributed by atoms with Gasteiger partial charge in [0, 0.05) is 19.6 Å². The predicted octanol–water partition coefficient (Wildman–Crippen LogP) is 4.21. The first kappa shape index (κ1) is 21.8. The Kier molecular flexibility index (Phi) is 6.97. The highest BCUT2D eigenvalue weighted by atomic mass is 32.2. The van der Waals surface area contributed by atoms with Gasteiger partial charge in [0.25, 0.3) is 0 Å². The third-order valence-corrected chi connectivity index (χ3v) is 6.65. The van der Waals surface area contributed by atoms with E-state index in [9.17, 15) is 21.6 Å². The Hall–Kier alpha value is -1.90. The molecule has 0 saturated heterocycles. The molecule has 0 radical (unpaired) electrons. The number of nitrogens with one attached hydrogen (secondary N) is 1. The van der Waals surface area contributed by atoms with E-state index < -0.39 is 26.7 Å². The third-order valence-electron chi connectivity index (χ3n) is 5.13. The molecule has 2 aromatic rings. The number of nitrogens with zero attached hydrogens (tertiary/aromatic N) is 1. The lowest BCUT2D eigenvalue weighted by Crippen LogP contribution is -2.31. The number of hydrogen-bond donors (Lipinski definition) is 1. The van der Waals surface area contributed by atoms with Crippen molar-refractivity contribution in [2.24, 2.45) is 0 Å². The molecule has 3 rings (SSSR count). The molecule has 29 heavy (non-hydrogen) atoms. The molecule has 0 bridgehead atoms. The van der Waals surface area contributed by atoms with E-state index in [-0.39, 0.29) is 6.54 Å². The number of benzene rings is 2. The van der Waals surface area contributed by atoms with Crippen molar-refractivity contribution in [1.29, 1.82) is 0 Å². The fourth-order valence-electron chi connectivity index (χ4n) is 3.60. The van der Waals surface area contributed by atoms with Crippen molar-refractivity contribution in [3.05, 3.63) is 65.2 Å². The quantitative estimate of drug-likeness (QED) is 0.644. The molecule has 1 heterocycles. The highest BCUT2D eigenvalue weighted by Crippen LogP contribution is 2.33. The third kappa shape index (κ3) is 5.81. The first-order valence-corrected chi connectivity index (χ1v) is 11.2. The minimum absolute atomic E-state index is 0.122. The normalized spacial score (nSPS) is 15.3. The van der Waals surface area contributed by atoms with E-state index in [1.165, 1.54) is 23.3 Å². The summed E-state index contributed by atoms with van der Waals surface area (Å²) in [4.78, 5) is 1.66. The summed E-state index contributed by atoms with van der Waals surface area (Å²) in [5.41, 5.74) is 1.62. The standard InChI is InChI=1S/C21H25F3N2O2S/c22-21(23,24)19-10-4-5-11-20(19)29(27,28)25-13-6-1-7-14-26-15-12-17-8-2-3-9-18(17)16-26/h2-5,8-11,25H,1,6-7,12-16H2. The van der Waals surface area contributed by atoms with Crippen LogP contribution in [0.2, 0.25) is 0 Å². The molecule has 0 amide bonds. The maximum absolute atomic E-state index is 13.0. The molecular weight excluding hydrogens is 401 g/mol. The molecule has 158 valence electrons. The SMILES string of the molecule is O=S(=O)(NCCCCCN1CCc2ccccc2C1)c1ccccc1C(F)(F)F. The Morgan fingerprint density at radius 3 is 2.38 bits per heavy atom. The summed E-state index contributed by atoms with van der Waals surface area (Å²) in [6.07, 6.45) is -1.37. The number of hydrogen-bond acceptors (Lipinski definition) is 3. The fourth-order valence-corrected chi connectivity index (χ4v) is 4.90. The Morgan fingerprint density at radius 1 is 0.931 bits per heavy atom. The van der Waals surface area contributed by atoms with Gasteiger partial charge in [0.2, 0.25) is 10.0 Å². The highest BCUT2D eigenvalue weighted by molar-refractivity contribution is 7.89. The van der Waals surface area contributed by atoms with Gasteiger partial charge in [-0.05, 0) is 49.1 Å². The molecule has 8 heteroatoms. The summed E-state index contributed by atoms with van der Waals surface area (Å²) in [6, 6.07) is 12.7. The van der Waals surface area contributed by atoms with Crippen LogP contribution in [-0.4, -0.2) is 33.0 Å². The lowest BCUT2D eigenvalue weighted by molar-refractivity contribution is -0.139. The van der Waals surface area contributed by atoms with Crippen LogP contribution in [0.4, 0.5) is 13.2 Å². The van der Waals surface area contributed by atoms with Gasteiger partial charge in [0.15, 0.2) is 0 Å². The Labute approximate surface area is 169 Å². The van der Waals surface area contributed by atoms with Crippen LogP contribution in [0.3, 0.4) is 0 Å². The van der Waals surface area contributed by atoms with Crippen LogP contribution in [0, 0.1) is 0 Å². The zero-order chi connectivity index (χ0) is 20.9. The monoisotopic (exact) mass is 426 g/mol. The van der Waals surface area contributed by atoms with Crippen LogP contribution in [0.5, 0.6) is 0 Å². The van der Waals surface area contributed by atoms with Crippen molar-refractivity contribution < 1.29 is 21.6 Å². The van der Waals surface area contributed by atoms with Crippen molar-refractivity contribution in [3.63, 3.8) is 0 Å². The topological polar surface area (TPSA) is 49.4 Å². The van der Waals surface area contributed by atoms with Crippen LogP contribution >= 0.6 is 0 Å². The van der Waals surface area contributed by atoms with E-state index in [2.05, 4.69) is 27.8 Å². The van der Waals surface area contributed by atoms with Crippen molar-refractivity contribution in [3.8, 4) is 0 Å². The number of sulfonamides is 1. The lowest BCUT2D eigenvalue weighted by Gasteiger charge is -2.28. The molecule has 0 atom stereocenters. The second-order valence-corrected chi connectivity index (χ2v) is 8.98. The van der Waals surface area contributed by atoms with Gasteiger partial charge >= 0.3 is 6.18 Å².